The van der Waals surface area contributed by atoms with Crippen molar-refractivity contribution in [3.63, 3.8) is 0 Å². The number of nitrogens with zero attached hydrogens (tertiary/aromatic N) is 5. The van der Waals surface area contributed by atoms with Crippen LogP contribution < -0.4 is 15.0 Å². The summed E-state index contributed by atoms with van der Waals surface area (Å²) in [6.45, 7) is 3.44. The van der Waals surface area contributed by atoms with E-state index in [4.69, 9.17) is 4.74 Å². The highest BCUT2D eigenvalue weighted by Gasteiger charge is 2.37. The fourth-order valence-corrected chi connectivity index (χ4v) is 4.19. The predicted molar refractivity (Wildman–Crippen MR) is 105 cm³/mol. The van der Waals surface area contributed by atoms with E-state index in [1.807, 2.05) is 17.9 Å². The summed E-state index contributed by atoms with van der Waals surface area (Å²) >= 11 is 1.49. The van der Waals surface area contributed by atoms with Gasteiger partial charge >= 0.3 is 6.03 Å². The number of piperidine rings is 1. The minimum Gasteiger partial charge on any atom is -0.481 e. The van der Waals surface area contributed by atoms with Crippen molar-refractivity contribution in [2.75, 3.05) is 30.4 Å². The average Bonchev–Trinajstić information content (AvgIpc) is 3.44. The lowest BCUT2D eigenvalue weighted by Gasteiger charge is -2.39. The van der Waals surface area contributed by atoms with E-state index in [9.17, 15) is 4.79 Å². The van der Waals surface area contributed by atoms with E-state index in [1.165, 1.54) is 24.2 Å². The summed E-state index contributed by atoms with van der Waals surface area (Å²) in [5, 5.41) is 3.56. The van der Waals surface area contributed by atoms with Gasteiger partial charge in [0.2, 0.25) is 5.88 Å². The van der Waals surface area contributed by atoms with Gasteiger partial charge in [0.05, 0.1) is 7.11 Å². The number of rotatable bonds is 5. The SMILES string of the molecule is COc1cc(N(C2CC2)C2CCN(C(=O)Nc3ncc(C)s3)CC2)ncn1. The standard InChI is InChI=1S/C18H24N6O2S/c1-12-10-19-17(27-12)22-18(25)23-7-5-14(6-8-23)24(13-3-4-13)15-9-16(26-2)21-11-20-15/h9-11,13-14H,3-8H2,1-2H3,(H,19,22,25). The first-order valence-electron chi connectivity index (χ1n) is 9.27. The van der Waals surface area contributed by atoms with Gasteiger partial charge in [0.25, 0.3) is 0 Å². The Labute approximate surface area is 162 Å². The van der Waals surface area contributed by atoms with Crippen molar-refractivity contribution >= 4 is 28.3 Å². The summed E-state index contributed by atoms with van der Waals surface area (Å²) in [5.74, 6) is 1.51. The van der Waals surface area contributed by atoms with Gasteiger partial charge in [-0.05, 0) is 32.6 Å². The number of amides is 2. The van der Waals surface area contributed by atoms with E-state index in [1.54, 1.807) is 19.6 Å². The molecule has 27 heavy (non-hydrogen) atoms. The number of thiazole rings is 1. The Morgan fingerprint density at radius 1 is 1.22 bits per heavy atom. The summed E-state index contributed by atoms with van der Waals surface area (Å²) in [6, 6.07) is 2.75. The van der Waals surface area contributed by atoms with Gasteiger partial charge in [-0.25, -0.2) is 19.7 Å². The molecule has 1 aliphatic heterocycles. The molecular weight excluding hydrogens is 364 g/mol. The highest BCUT2D eigenvalue weighted by molar-refractivity contribution is 7.15. The molecule has 1 aliphatic carbocycles. The molecule has 0 radical (unpaired) electrons. The quantitative estimate of drug-likeness (QED) is 0.848. The van der Waals surface area contributed by atoms with Crippen LogP contribution in [0.5, 0.6) is 5.88 Å². The Balaban J connectivity index is 1.39. The van der Waals surface area contributed by atoms with E-state index >= 15 is 0 Å². The zero-order valence-corrected chi connectivity index (χ0v) is 16.4. The van der Waals surface area contributed by atoms with Crippen LogP contribution in [0, 0.1) is 6.92 Å². The van der Waals surface area contributed by atoms with Gasteiger partial charge in [-0.2, -0.15) is 0 Å². The number of anilines is 2. The van der Waals surface area contributed by atoms with Crippen LogP contribution >= 0.6 is 11.3 Å². The van der Waals surface area contributed by atoms with Crippen LogP contribution in [0.1, 0.15) is 30.6 Å². The molecule has 9 heteroatoms. The summed E-state index contributed by atoms with van der Waals surface area (Å²) in [6.07, 6.45) is 7.56. The zero-order valence-electron chi connectivity index (χ0n) is 15.6. The lowest BCUT2D eigenvalue weighted by Crippen LogP contribution is -2.49. The number of hydrogen-bond acceptors (Lipinski definition) is 7. The molecule has 1 N–H and O–H groups in total. The molecule has 3 heterocycles. The average molecular weight is 388 g/mol. The lowest BCUT2D eigenvalue weighted by atomic mass is 10.0. The summed E-state index contributed by atoms with van der Waals surface area (Å²) in [7, 11) is 1.62. The molecular formula is C18H24N6O2S. The molecule has 0 spiro atoms. The molecule has 2 aromatic rings. The number of hydrogen-bond donors (Lipinski definition) is 1. The normalized spacial score (nSPS) is 17.6. The second kappa shape index (κ2) is 7.67. The number of methoxy groups -OCH3 is 1. The van der Waals surface area contributed by atoms with E-state index in [0.29, 0.717) is 23.1 Å². The van der Waals surface area contributed by atoms with Crippen molar-refractivity contribution in [2.24, 2.45) is 0 Å². The van der Waals surface area contributed by atoms with Gasteiger partial charge < -0.3 is 14.5 Å². The topological polar surface area (TPSA) is 83.5 Å². The van der Waals surface area contributed by atoms with Gasteiger partial charge in [0, 0.05) is 42.3 Å². The second-order valence-corrected chi connectivity index (χ2v) is 8.22. The molecule has 0 bridgehead atoms. The van der Waals surface area contributed by atoms with E-state index in [2.05, 4.69) is 25.2 Å². The molecule has 0 atom stereocenters. The van der Waals surface area contributed by atoms with Gasteiger partial charge in [0.15, 0.2) is 5.13 Å². The van der Waals surface area contributed by atoms with Crippen LogP contribution in [0.3, 0.4) is 0 Å². The van der Waals surface area contributed by atoms with Crippen LogP contribution in [0.25, 0.3) is 0 Å². The number of urea groups is 1. The highest BCUT2D eigenvalue weighted by atomic mass is 32.1. The first-order valence-corrected chi connectivity index (χ1v) is 10.1. The third-order valence-electron chi connectivity index (χ3n) is 5.02. The van der Waals surface area contributed by atoms with Crippen molar-refractivity contribution in [1.29, 1.82) is 0 Å². The number of ether oxygens (including phenoxy) is 1. The first-order chi connectivity index (χ1) is 13.1. The molecule has 1 saturated carbocycles. The van der Waals surface area contributed by atoms with Crippen LogP contribution in [0.15, 0.2) is 18.6 Å². The second-order valence-electron chi connectivity index (χ2n) is 6.98. The van der Waals surface area contributed by atoms with Gasteiger partial charge in [-0.15, -0.1) is 11.3 Å². The van der Waals surface area contributed by atoms with Crippen LogP contribution in [-0.2, 0) is 0 Å². The Morgan fingerprint density at radius 3 is 2.59 bits per heavy atom. The summed E-state index contributed by atoms with van der Waals surface area (Å²) in [4.78, 5) is 30.6. The Hall–Kier alpha value is -2.42. The van der Waals surface area contributed by atoms with Crippen molar-refractivity contribution in [3.8, 4) is 5.88 Å². The molecule has 144 valence electrons. The number of aryl methyl sites for hydroxylation is 1. The van der Waals surface area contributed by atoms with Crippen molar-refractivity contribution < 1.29 is 9.53 Å². The van der Waals surface area contributed by atoms with E-state index in [-0.39, 0.29) is 6.03 Å². The Bertz CT molecular complexity index is 801. The molecule has 0 aromatic carbocycles. The molecule has 4 rings (SSSR count). The maximum absolute atomic E-state index is 12.5. The molecule has 2 fully saturated rings. The van der Waals surface area contributed by atoms with Gasteiger partial charge in [0.1, 0.15) is 12.1 Å². The number of aromatic nitrogens is 3. The number of carbonyl (C=O) groups excluding carboxylic acids is 1. The molecule has 2 aromatic heterocycles. The Morgan fingerprint density at radius 2 is 1.96 bits per heavy atom. The van der Waals surface area contributed by atoms with Crippen LogP contribution in [0.2, 0.25) is 0 Å². The number of carbonyl (C=O) groups is 1. The maximum atomic E-state index is 12.5. The van der Waals surface area contributed by atoms with Gasteiger partial charge in [-0.3, -0.25) is 5.32 Å². The molecule has 2 amide bonds. The van der Waals surface area contributed by atoms with Crippen LogP contribution in [-0.4, -0.2) is 58.2 Å². The molecule has 0 unspecified atom stereocenters. The highest BCUT2D eigenvalue weighted by Crippen LogP contribution is 2.36. The van der Waals surface area contributed by atoms with Crippen molar-refractivity contribution in [2.45, 2.75) is 44.7 Å². The predicted octanol–water partition coefficient (Wildman–Crippen LogP) is 2.92. The van der Waals surface area contributed by atoms with E-state index < -0.39 is 0 Å². The minimum absolute atomic E-state index is 0.0653. The smallest absolute Gasteiger partial charge is 0.323 e. The Kier molecular flexibility index (Phi) is 5.11. The molecule has 1 saturated heterocycles. The molecule has 8 nitrogen and oxygen atoms in total. The monoisotopic (exact) mass is 388 g/mol. The number of likely N-dealkylation sites (tertiary alicyclic amines) is 1. The van der Waals surface area contributed by atoms with E-state index in [0.717, 1.165) is 36.6 Å². The zero-order chi connectivity index (χ0) is 18.8. The third kappa shape index (κ3) is 4.13. The third-order valence-corrected chi connectivity index (χ3v) is 5.85. The summed E-state index contributed by atoms with van der Waals surface area (Å²) < 4.78 is 5.26. The largest absolute Gasteiger partial charge is 0.481 e. The van der Waals surface area contributed by atoms with Crippen LogP contribution in [0.4, 0.5) is 15.7 Å². The molecule has 2 aliphatic rings. The fraction of sp³-hybridized carbons (Fsp3) is 0.556. The lowest BCUT2D eigenvalue weighted by molar-refractivity contribution is 0.193. The fourth-order valence-electron chi connectivity index (χ4n) is 3.54. The van der Waals surface area contributed by atoms with Gasteiger partial charge in [-0.1, -0.05) is 0 Å². The number of nitrogens with one attached hydrogen (secondary N) is 1. The minimum atomic E-state index is -0.0653. The maximum Gasteiger partial charge on any atom is 0.323 e. The van der Waals surface area contributed by atoms with Crippen molar-refractivity contribution in [1.82, 2.24) is 19.9 Å². The first kappa shape index (κ1) is 18.0. The van der Waals surface area contributed by atoms with Crippen molar-refractivity contribution in [3.05, 3.63) is 23.5 Å². The summed E-state index contributed by atoms with van der Waals surface area (Å²) in [5.41, 5.74) is 0.